The predicted octanol–water partition coefficient (Wildman–Crippen LogP) is 5.31. The second-order valence-corrected chi connectivity index (χ2v) is 12.6. The molecule has 10 heteroatoms. The Morgan fingerprint density at radius 1 is 1.10 bits per heavy atom. The van der Waals surface area contributed by atoms with Gasteiger partial charge < -0.3 is 25.8 Å². The Labute approximate surface area is 255 Å². The van der Waals surface area contributed by atoms with Crippen molar-refractivity contribution in [3.63, 3.8) is 0 Å². The maximum absolute atomic E-state index is 13.3. The number of benzene rings is 1. The minimum atomic E-state index is -0.901. The summed E-state index contributed by atoms with van der Waals surface area (Å²) in [4.78, 5) is 44.5. The number of hydrogen-bond donors (Lipinski definition) is 3. The van der Waals surface area contributed by atoms with E-state index in [1.54, 1.807) is 24.3 Å². The molecule has 9 nitrogen and oxygen atoms in total. The van der Waals surface area contributed by atoms with Gasteiger partial charge in [-0.25, -0.2) is 4.98 Å². The molecule has 0 aliphatic rings. The molecular weight excluding hydrogens is 552 g/mol. The molecule has 1 heterocycles. The van der Waals surface area contributed by atoms with Crippen molar-refractivity contribution in [1.29, 1.82) is 0 Å². The summed E-state index contributed by atoms with van der Waals surface area (Å²) in [6.45, 7) is 12.4. The first-order valence-electron chi connectivity index (χ1n) is 15.1. The van der Waals surface area contributed by atoms with Crippen molar-refractivity contribution in [2.45, 2.75) is 97.9 Å². The lowest BCUT2D eigenvalue weighted by Gasteiger charge is -2.36. The molecular formula is C32H50N4O5S. The van der Waals surface area contributed by atoms with E-state index in [-0.39, 0.29) is 41.4 Å². The molecule has 2 amide bonds. The van der Waals surface area contributed by atoms with Gasteiger partial charge in [-0.1, -0.05) is 78.3 Å². The summed E-state index contributed by atoms with van der Waals surface area (Å²) < 4.78 is 6.23. The molecule has 0 saturated heterocycles. The Kier molecular flexibility index (Phi) is 14.6. The van der Waals surface area contributed by atoms with Crippen LogP contribution >= 0.6 is 11.3 Å². The second kappa shape index (κ2) is 17.3. The van der Waals surface area contributed by atoms with Crippen LogP contribution in [0.1, 0.15) is 94.4 Å². The molecule has 2 unspecified atom stereocenters. The molecule has 1 aromatic carbocycles. The molecule has 0 spiro atoms. The fraction of sp³-hybridized carbons (Fsp3) is 0.625. The van der Waals surface area contributed by atoms with E-state index in [1.165, 1.54) is 11.3 Å². The number of carboxylic acid groups (broad SMARTS) is 1. The molecule has 6 atom stereocenters. The van der Waals surface area contributed by atoms with Gasteiger partial charge in [0.15, 0.2) is 0 Å². The van der Waals surface area contributed by atoms with E-state index in [2.05, 4.69) is 24.1 Å². The number of carbonyl (C=O) groups excluding carboxylic acids is 2. The van der Waals surface area contributed by atoms with E-state index in [9.17, 15) is 19.5 Å². The zero-order valence-corrected chi connectivity index (χ0v) is 27.0. The van der Waals surface area contributed by atoms with Gasteiger partial charge >= 0.3 is 5.97 Å². The van der Waals surface area contributed by atoms with Gasteiger partial charge in [0.25, 0.3) is 5.91 Å². The predicted molar refractivity (Wildman–Crippen MR) is 167 cm³/mol. The number of hydrogen-bond acceptors (Lipinski definition) is 7. The third kappa shape index (κ3) is 10.5. The lowest BCUT2D eigenvalue weighted by atomic mass is 9.93. The number of rotatable bonds is 18. The standard InChI is InChI=1S/C32H50N4O5S/c1-8-15-41-27(18-26(20(3)4)36(7)31(38)28(33)21(5)9-2)30-35-25(19-42-30)29(37)34-24(16-22(6)32(39)40)17-23-13-11-10-12-14-23/h10-14,19-22,24,26-28H,8-9,15-18,33H2,1-7H3,(H,34,37)(H,39,40)/t21-,22?,24?,26+,27+,28-/m0/s1. The van der Waals surface area contributed by atoms with Crippen molar-refractivity contribution in [1.82, 2.24) is 15.2 Å². The van der Waals surface area contributed by atoms with E-state index >= 15 is 0 Å². The highest BCUT2D eigenvalue weighted by molar-refractivity contribution is 7.09. The zero-order chi connectivity index (χ0) is 31.4. The SMILES string of the molecule is CCCO[C@H](C[C@H](C(C)C)N(C)C(=O)[C@@H](N)[C@@H](C)CC)c1nc(C(=O)NC(Cc2ccccc2)CC(C)C(=O)O)cs1. The fourth-order valence-corrected chi connectivity index (χ4v) is 5.77. The van der Waals surface area contributed by atoms with Crippen molar-refractivity contribution in [3.05, 3.63) is 52.0 Å². The summed E-state index contributed by atoms with van der Waals surface area (Å²) in [5.41, 5.74) is 7.58. The summed E-state index contributed by atoms with van der Waals surface area (Å²) in [6, 6.07) is 8.61. The third-order valence-electron chi connectivity index (χ3n) is 7.89. The molecule has 2 aromatic rings. The largest absolute Gasteiger partial charge is 0.481 e. The molecule has 234 valence electrons. The molecule has 0 bridgehead atoms. The first-order valence-corrected chi connectivity index (χ1v) is 15.9. The maximum Gasteiger partial charge on any atom is 0.306 e. The van der Waals surface area contributed by atoms with Gasteiger partial charge in [0.2, 0.25) is 5.91 Å². The van der Waals surface area contributed by atoms with Crippen molar-refractivity contribution >= 4 is 29.1 Å². The number of thiazole rings is 1. The third-order valence-corrected chi connectivity index (χ3v) is 8.82. The van der Waals surface area contributed by atoms with E-state index in [4.69, 9.17) is 10.5 Å². The molecule has 4 N–H and O–H groups in total. The number of aromatic nitrogens is 1. The number of carboxylic acids is 1. The first-order chi connectivity index (χ1) is 19.9. The molecule has 0 fully saturated rings. The molecule has 42 heavy (non-hydrogen) atoms. The van der Waals surface area contributed by atoms with Gasteiger partial charge in [0, 0.05) is 37.5 Å². The quantitative estimate of drug-likeness (QED) is 0.210. The monoisotopic (exact) mass is 602 g/mol. The number of carbonyl (C=O) groups is 3. The van der Waals surface area contributed by atoms with Crippen LogP contribution in [0.5, 0.6) is 0 Å². The zero-order valence-electron chi connectivity index (χ0n) is 26.2. The van der Waals surface area contributed by atoms with E-state index in [1.807, 2.05) is 51.1 Å². The Morgan fingerprint density at radius 2 is 1.76 bits per heavy atom. The van der Waals surface area contributed by atoms with Crippen LogP contribution in [0.3, 0.4) is 0 Å². The highest BCUT2D eigenvalue weighted by Gasteiger charge is 2.33. The molecule has 0 aliphatic carbocycles. The average Bonchev–Trinajstić information content (AvgIpc) is 3.46. The number of nitrogens with one attached hydrogen (secondary N) is 1. The Morgan fingerprint density at radius 3 is 2.33 bits per heavy atom. The van der Waals surface area contributed by atoms with Crippen LogP contribution in [0.2, 0.25) is 0 Å². The van der Waals surface area contributed by atoms with Crippen molar-refractivity contribution < 1.29 is 24.2 Å². The average molecular weight is 603 g/mol. The number of aliphatic carboxylic acids is 1. The van der Waals surface area contributed by atoms with Gasteiger partial charge in [0.1, 0.15) is 16.8 Å². The molecule has 2 rings (SSSR count). The van der Waals surface area contributed by atoms with Crippen LogP contribution in [0.15, 0.2) is 35.7 Å². The fourth-order valence-electron chi connectivity index (χ4n) is 4.91. The lowest BCUT2D eigenvalue weighted by Crippen LogP contribution is -2.51. The number of nitrogens with two attached hydrogens (primary N) is 1. The molecule has 0 radical (unpaired) electrons. The van der Waals surface area contributed by atoms with Crippen LogP contribution in [-0.2, 0) is 20.7 Å². The topological polar surface area (TPSA) is 135 Å². The van der Waals surface area contributed by atoms with E-state index in [0.717, 1.165) is 18.4 Å². The summed E-state index contributed by atoms with van der Waals surface area (Å²) in [6.07, 6.45) is 2.57. The highest BCUT2D eigenvalue weighted by Crippen LogP contribution is 2.31. The Hall–Kier alpha value is -2.82. The summed E-state index contributed by atoms with van der Waals surface area (Å²) in [5, 5.41) is 14.9. The minimum absolute atomic E-state index is 0.0733. The van der Waals surface area contributed by atoms with Gasteiger partial charge in [-0.05, 0) is 36.7 Å². The van der Waals surface area contributed by atoms with Gasteiger partial charge in [-0.15, -0.1) is 11.3 Å². The summed E-state index contributed by atoms with van der Waals surface area (Å²) in [7, 11) is 1.80. The van der Waals surface area contributed by atoms with Crippen molar-refractivity contribution in [2.24, 2.45) is 23.5 Å². The number of ether oxygens (including phenoxy) is 1. The molecule has 0 aliphatic heterocycles. The first kappa shape index (κ1) is 35.4. The van der Waals surface area contributed by atoms with Gasteiger partial charge in [-0.2, -0.15) is 0 Å². The molecule has 1 aromatic heterocycles. The van der Waals surface area contributed by atoms with Crippen LogP contribution in [-0.4, -0.2) is 64.6 Å². The Balaban J connectivity index is 2.24. The second-order valence-electron chi connectivity index (χ2n) is 11.7. The van der Waals surface area contributed by atoms with E-state index in [0.29, 0.717) is 30.9 Å². The van der Waals surface area contributed by atoms with Crippen LogP contribution < -0.4 is 11.1 Å². The van der Waals surface area contributed by atoms with E-state index < -0.39 is 24.0 Å². The van der Waals surface area contributed by atoms with Crippen molar-refractivity contribution in [3.8, 4) is 0 Å². The summed E-state index contributed by atoms with van der Waals surface area (Å²) >= 11 is 1.36. The number of amides is 2. The van der Waals surface area contributed by atoms with Crippen LogP contribution in [0.25, 0.3) is 0 Å². The van der Waals surface area contributed by atoms with Gasteiger partial charge in [-0.3, -0.25) is 14.4 Å². The number of nitrogens with zero attached hydrogens (tertiary/aromatic N) is 2. The number of likely N-dealkylation sites (N-methyl/N-ethyl adjacent to an activating group) is 1. The minimum Gasteiger partial charge on any atom is -0.481 e. The van der Waals surface area contributed by atoms with Crippen LogP contribution in [0, 0.1) is 17.8 Å². The molecule has 0 saturated carbocycles. The smallest absolute Gasteiger partial charge is 0.306 e. The normalized spacial score (nSPS) is 15.8. The maximum atomic E-state index is 13.3. The van der Waals surface area contributed by atoms with Crippen LogP contribution in [0.4, 0.5) is 0 Å². The lowest BCUT2D eigenvalue weighted by molar-refractivity contribution is -0.141. The Bertz CT molecular complexity index is 1130. The summed E-state index contributed by atoms with van der Waals surface area (Å²) in [5.74, 6) is -1.73. The van der Waals surface area contributed by atoms with Gasteiger partial charge in [0.05, 0.1) is 12.0 Å². The van der Waals surface area contributed by atoms with Crippen molar-refractivity contribution in [2.75, 3.05) is 13.7 Å². The highest BCUT2D eigenvalue weighted by atomic mass is 32.1.